The van der Waals surface area contributed by atoms with Gasteiger partial charge >= 0.3 is 0 Å². The first-order valence-electron chi connectivity index (χ1n) is 9.57. The molecule has 0 bridgehead atoms. The Bertz CT molecular complexity index is 749. The standard InChI is InChI=1S/C21H28N2O2S.2ClH/c1-14-4-5-17-18(21(14)24)11-19(25-20(17)12-22)15-6-8-23(9-7-15)13-16-3-2-10-26-16;;/h2-5,10,15,19-20,24H,6-9,11-13,22H2,1H3;2*1H/t19-,20+;;/m0../s1. The Morgan fingerprint density at radius 3 is 2.61 bits per heavy atom. The summed E-state index contributed by atoms with van der Waals surface area (Å²) in [5.74, 6) is 0.973. The molecular formula is C21H30Cl2N2O2S. The number of piperidine rings is 1. The number of nitrogens with zero attached hydrogens (tertiary/aromatic N) is 1. The molecule has 156 valence electrons. The van der Waals surface area contributed by atoms with Crippen molar-refractivity contribution < 1.29 is 9.84 Å². The molecule has 3 heterocycles. The van der Waals surface area contributed by atoms with Crippen LogP contribution in [0.5, 0.6) is 5.75 Å². The van der Waals surface area contributed by atoms with Crippen molar-refractivity contribution in [1.82, 2.24) is 4.90 Å². The number of benzene rings is 1. The first-order chi connectivity index (χ1) is 12.7. The highest BCUT2D eigenvalue weighted by Crippen LogP contribution is 2.40. The maximum atomic E-state index is 10.6. The minimum atomic E-state index is -0.0978. The minimum Gasteiger partial charge on any atom is -0.507 e. The third kappa shape index (κ3) is 4.84. The van der Waals surface area contributed by atoms with Crippen LogP contribution in [0.25, 0.3) is 0 Å². The maximum absolute atomic E-state index is 10.6. The second kappa shape index (κ2) is 10.3. The lowest BCUT2D eigenvalue weighted by Crippen LogP contribution is -2.41. The number of phenolic OH excluding ortho intramolecular Hbond substituents is 1. The zero-order valence-electron chi connectivity index (χ0n) is 16.2. The van der Waals surface area contributed by atoms with E-state index in [0.717, 1.165) is 55.6 Å². The topological polar surface area (TPSA) is 58.7 Å². The fourth-order valence-electron chi connectivity index (χ4n) is 4.38. The molecular weight excluding hydrogens is 415 g/mol. The molecule has 4 nitrogen and oxygen atoms in total. The summed E-state index contributed by atoms with van der Waals surface area (Å²) in [6, 6.07) is 8.38. The molecule has 0 aliphatic carbocycles. The Morgan fingerprint density at radius 2 is 1.96 bits per heavy atom. The molecule has 1 fully saturated rings. The third-order valence-electron chi connectivity index (χ3n) is 5.94. The predicted molar refractivity (Wildman–Crippen MR) is 120 cm³/mol. The number of phenols is 1. The van der Waals surface area contributed by atoms with E-state index in [1.807, 2.05) is 24.3 Å². The Morgan fingerprint density at radius 1 is 1.21 bits per heavy atom. The van der Waals surface area contributed by atoms with Gasteiger partial charge in [0.25, 0.3) is 0 Å². The Balaban J connectivity index is 0.00000140. The highest BCUT2D eigenvalue weighted by Gasteiger charge is 2.35. The smallest absolute Gasteiger partial charge is 0.122 e. The number of aromatic hydroxyl groups is 1. The fraction of sp³-hybridized carbons (Fsp3) is 0.524. The molecule has 4 rings (SSSR count). The normalized spacial score (nSPS) is 22.8. The third-order valence-corrected chi connectivity index (χ3v) is 6.80. The van der Waals surface area contributed by atoms with Gasteiger partial charge in [-0.25, -0.2) is 0 Å². The van der Waals surface area contributed by atoms with Crippen molar-refractivity contribution in [2.75, 3.05) is 19.6 Å². The van der Waals surface area contributed by atoms with Crippen LogP contribution in [0.1, 0.15) is 40.5 Å². The zero-order valence-corrected chi connectivity index (χ0v) is 18.6. The number of hydrogen-bond donors (Lipinski definition) is 2. The van der Waals surface area contributed by atoms with E-state index < -0.39 is 0 Å². The molecule has 2 aromatic rings. The molecule has 28 heavy (non-hydrogen) atoms. The molecule has 0 unspecified atom stereocenters. The SMILES string of the molecule is Cc1ccc2c(c1O)C[C@@H](C1CCN(Cc3cccs3)CC1)O[C@@H]2CN.Cl.Cl. The molecule has 1 aromatic carbocycles. The highest BCUT2D eigenvalue weighted by molar-refractivity contribution is 7.09. The lowest BCUT2D eigenvalue weighted by atomic mass is 9.83. The van der Waals surface area contributed by atoms with Gasteiger partial charge in [-0.3, -0.25) is 4.90 Å². The molecule has 1 saturated heterocycles. The first-order valence-corrected chi connectivity index (χ1v) is 10.4. The summed E-state index contributed by atoms with van der Waals surface area (Å²) in [6.45, 7) is 5.71. The van der Waals surface area contributed by atoms with Crippen LogP contribution in [-0.2, 0) is 17.7 Å². The summed E-state index contributed by atoms with van der Waals surface area (Å²) in [6.07, 6.45) is 3.16. The van der Waals surface area contributed by atoms with Crippen molar-refractivity contribution in [2.24, 2.45) is 11.7 Å². The van der Waals surface area contributed by atoms with E-state index in [1.54, 1.807) is 0 Å². The number of aryl methyl sites for hydroxylation is 1. The van der Waals surface area contributed by atoms with Gasteiger partial charge in [0.1, 0.15) is 5.75 Å². The molecule has 2 aliphatic rings. The number of ether oxygens (including phenoxy) is 1. The minimum absolute atomic E-state index is 0. The van der Waals surface area contributed by atoms with E-state index in [0.29, 0.717) is 18.2 Å². The van der Waals surface area contributed by atoms with Crippen LogP contribution in [0.15, 0.2) is 29.6 Å². The Kier molecular flexibility index (Phi) is 8.61. The Labute approximate surface area is 183 Å². The van der Waals surface area contributed by atoms with Crippen LogP contribution >= 0.6 is 36.2 Å². The monoisotopic (exact) mass is 444 g/mol. The number of likely N-dealkylation sites (tertiary alicyclic amines) is 1. The number of nitrogens with two attached hydrogens (primary N) is 1. The number of halogens is 2. The van der Waals surface area contributed by atoms with Crippen LogP contribution in [0, 0.1) is 12.8 Å². The number of hydrogen-bond acceptors (Lipinski definition) is 5. The first kappa shape index (κ1) is 23.5. The largest absolute Gasteiger partial charge is 0.507 e. The van der Waals surface area contributed by atoms with Crippen molar-refractivity contribution in [3.05, 3.63) is 51.2 Å². The van der Waals surface area contributed by atoms with Crippen LogP contribution in [0.3, 0.4) is 0 Å². The molecule has 3 N–H and O–H groups in total. The number of thiophene rings is 1. The van der Waals surface area contributed by atoms with Gasteiger partial charge < -0.3 is 15.6 Å². The average molecular weight is 445 g/mol. The molecule has 0 amide bonds. The van der Waals surface area contributed by atoms with Gasteiger partial charge in [-0.1, -0.05) is 18.2 Å². The van der Waals surface area contributed by atoms with Gasteiger partial charge in [-0.15, -0.1) is 36.2 Å². The number of rotatable bonds is 4. The molecule has 2 atom stereocenters. The van der Waals surface area contributed by atoms with Crippen molar-refractivity contribution in [3.8, 4) is 5.75 Å². The molecule has 0 spiro atoms. The van der Waals surface area contributed by atoms with Crippen LogP contribution < -0.4 is 5.73 Å². The molecule has 2 aliphatic heterocycles. The van der Waals surface area contributed by atoms with Gasteiger partial charge in [0.2, 0.25) is 0 Å². The summed E-state index contributed by atoms with van der Waals surface area (Å²) in [7, 11) is 0. The lowest BCUT2D eigenvalue weighted by Gasteiger charge is -2.40. The van der Waals surface area contributed by atoms with Crippen LogP contribution in [-0.4, -0.2) is 35.7 Å². The van der Waals surface area contributed by atoms with Crippen molar-refractivity contribution in [1.29, 1.82) is 0 Å². The Hall–Kier alpha value is -0.820. The van der Waals surface area contributed by atoms with Gasteiger partial charge in [-0.2, -0.15) is 0 Å². The van der Waals surface area contributed by atoms with Gasteiger partial charge in [0.15, 0.2) is 0 Å². The highest BCUT2D eigenvalue weighted by atomic mass is 35.5. The number of fused-ring (bicyclic) bond motifs is 1. The summed E-state index contributed by atoms with van der Waals surface area (Å²) in [5, 5.41) is 12.7. The van der Waals surface area contributed by atoms with Gasteiger partial charge in [0, 0.05) is 30.0 Å². The second-order valence-corrected chi connectivity index (χ2v) is 8.63. The fourth-order valence-corrected chi connectivity index (χ4v) is 5.13. The summed E-state index contributed by atoms with van der Waals surface area (Å²) < 4.78 is 6.38. The van der Waals surface area contributed by atoms with E-state index in [2.05, 4.69) is 28.5 Å². The summed E-state index contributed by atoms with van der Waals surface area (Å²) in [4.78, 5) is 3.98. The van der Waals surface area contributed by atoms with Crippen LogP contribution in [0.2, 0.25) is 0 Å². The van der Waals surface area contributed by atoms with Crippen molar-refractivity contribution in [2.45, 2.75) is 44.9 Å². The van der Waals surface area contributed by atoms with Gasteiger partial charge in [-0.05, 0) is 61.3 Å². The average Bonchev–Trinajstić information content (AvgIpc) is 3.17. The van der Waals surface area contributed by atoms with E-state index in [4.69, 9.17) is 10.5 Å². The van der Waals surface area contributed by atoms with Crippen molar-refractivity contribution >= 4 is 36.2 Å². The van der Waals surface area contributed by atoms with E-state index in [-0.39, 0.29) is 37.0 Å². The van der Waals surface area contributed by atoms with Crippen LogP contribution in [0.4, 0.5) is 0 Å². The quantitative estimate of drug-likeness (QED) is 0.730. The summed E-state index contributed by atoms with van der Waals surface area (Å²) >= 11 is 1.84. The maximum Gasteiger partial charge on any atom is 0.122 e. The summed E-state index contributed by atoms with van der Waals surface area (Å²) in [5.41, 5.74) is 9.04. The lowest BCUT2D eigenvalue weighted by molar-refractivity contribution is -0.0650. The van der Waals surface area contributed by atoms with Crippen molar-refractivity contribution in [3.63, 3.8) is 0 Å². The zero-order chi connectivity index (χ0) is 18.1. The molecule has 0 saturated carbocycles. The predicted octanol–water partition coefficient (Wildman–Crippen LogP) is 4.46. The van der Waals surface area contributed by atoms with E-state index in [1.165, 1.54) is 4.88 Å². The molecule has 7 heteroatoms. The molecule has 1 aromatic heterocycles. The molecule has 0 radical (unpaired) electrons. The van der Waals surface area contributed by atoms with E-state index >= 15 is 0 Å². The van der Waals surface area contributed by atoms with E-state index in [9.17, 15) is 5.11 Å². The second-order valence-electron chi connectivity index (χ2n) is 7.59. The van der Waals surface area contributed by atoms with Gasteiger partial charge in [0.05, 0.1) is 12.2 Å².